The summed E-state index contributed by atoms with van der Waals surface area (Å²) in [4.78, 5) is -0.0783. The third-order valence-electron chi connectivity index (χ3n) is 2.86. The molecule has 0 aliphatic heterocycles. The lowest BCUT2D eigenvalue weighted by Crippen LogP contribution is -2.34. The number of hydrogen-bond donors (Lipinski definition) is 2. The van der Waals surface area contributed by atoms with E-state index in [1.54, 1.807) is 0 Å². The van der Waals surface area contributed by atoms with Gasteiger partial charge in [0.25, 0.3) is 0 Å². The Labute approximate surface area is 113 Å². The van der Waals surface area contributed by atoms with Crippen molar-refractivity contribution in [2.24, 2.45) is 5.41 Å². The topological polar surface area (TPSA) is 66.4 Å². The molecular weight excluding hydrogens is 269 g/mol. The van der Waals surface area contributed by atoms with E-state index in [-0.39, 0.29) is 23.5 Å². The fourth-order valence-corrected chi connectivity index (χ4v) is 2.93. The zero-order chi connectivity index (χ0) is 14.5. The summed E-state index contributed by atoms with van der Waals surface area (Å²) in [6.07, 6.45) is 1.32. The maximum atomic E-state index is 13.0. The van der Waals surface area contributed by atoms with Gasteiger partial charge in [-0.05, 0) is 36.5 Å². The second-order valence-electron chi connectivity index (χ2n) is 5.27. The van der Waals surface area contributed by atoms with E-state index in [0.717, 1.165) is 6.07 Å². The number of aliphatic hydroxyl groups excluding tert-OH is 1. The van der Waals surface area contributed by atoms with E-state index in [0.29, 0.717) is 12.8 Å². The Morgan fingerprint density at radius 1 is 1.37 bits per heavy atom. The third kappa shape index (κ3) is 5.26. The fourth-order valence-electron chi connectivity index (χ4n) is 1.65. The van der Waals surface area contributed by atoms with Gasteiger partial charge >= 0.3 is 0 Å². The maximum Gasteiger partial charge on any atom is 0.240 e. The first-order valence-electron chi connectivity index (χ1n) is 6.13. The fraction of sp³-hybridized carbons (Fsp3) is 0.538. The Kier molecular flexibility index (Phi) is 5.46. The molecule has 0 spiro atoms. The number of aliphatic hydroxyl groups is 1. The van der Waals surface area contributed by atoms with E-state index in [1.165, 1.54) is 18.2 Å². The van der Waals surface area contributed by atoms with Crippen LogP contribution in [0, 0.1) is 11.2 Å². The molecule has 0 saturated heterocycles. The van der Waals surface area contributed by atoms with Gasteiger partial charge < -0.3 is 5.11 Å². The number of benzene rings is 1. The quantitative estimate of drug-likeness (QED) is 0.805. The molecule has 4 nitrogen and oxygen atoms in total. The van der Waals surface area contributed by atoms with E-state index < -0.39 is 15.8 Å². The summed E-state index contributed by atoms with van der Waals surface area (Å²) < 4.78 is 39.4. The molecule has 0 unspecified atom stereocenters. The van der Waals surface area contributed by atoms with E-state index >= 15 is 0 Å². The molecule has 6 heteroatoms. The molecule has 1 rings (SSSR count). The molecule has 19 heavy (non-hydrogen) atoms. The van der Waals surface area contributed by atoms with Gasteiger partial charge in [0.1, 0.15) is 5.82 Å². The van der Waals surface area contributed by atoms with Crippen molar-refractivity contribution in [2.45, 2.75) is 31.6 Å². The Morgan fingerprint density at radius 3 is 2.63 bits per heavy atom. The minimum Gasteiger partial charge on any atom is -0.396 e. The van der Waals surface area contributed by atoms with E-state index in [2.05, 4.69) is 4.72 Å². The van der Waals surface area contributed by atoms with Crippen molar-refractivity contribution in [3.05, 3.63) is 30.1 Å². The Hall–Kier alpha value is -0.980. The van der Waals surface area contributed by atoms with Crippen LogP contribution in [0.15, 0.2) is 29.2 Å². The zero-order valence-corrected chi connectivity index (χ0v) is 12.0. The molecule has 0 atom stereocenters. The first-order chi connectivity index (χ1) is 8.77. The van der Waals surface area contributed by atoms with Gasteiger partial charge in [-0.15, -0.1) is 0 Å². The van der Waals surface area contributed by atoms with Crippen LogP contribution >= 0.6 is 0 Å². The van der Waals surface area contributed by atoms with Crippen molar-refractivity contribution in [1.82, 2.24) is 4.72 Å². The van der Waals surface area contributed by atoms with E-state index in [4.69, 9.17) is 5.11 Å². The van der Waals surface area contributed by atoms with Gasteiger partial charge in [0, 0.05) is 13.2 Å². The van der Waals surface area contributed by atoms with Crippen molar-refractivity contribution in [2.75, 3.05) is 13.2 Å². The lowest BCUT2D eigenvalue weighted by Gasteiger charge is -2.24. The smallest absolute Gasteiger partial charge is 0.240 e. The standard InChI is InChI=1S/C13H20FNO3S/c1-13(2,7-4-8-16)10-15-19(17,18)12-6-3-5-11(14)9-12/h3,5-6,9,15-16H,4,7-8,10H2,1-2H3. The van der Waals surface area contributed by atoms with Crippen LogP contribution in [0.2, 0.25) is 0 Å². The first kappa shape index (κ1) is 16.1. The molecule has 0 radical (unpaired) electrons. The summed E-state index contributed by atoms with van der Waals surface area (Å²) in [7, 11) is -3.69. The number of rotatable bonds is 7. The summed E-state index contributed by atoms with van der Waals surface area (Å²) in [5, 5.41) is 8.79. The number of nitrogens with one attached hydrogen (secondary N) is 1. The van der Waals surface area contributed by atoms with Crippen LogP contribution in [0.5, 0.6) is 0 Å². The molecule has 1 aromatic rings. The van der Waals surface area contributed by atoms with Gasteiger partial charge in [0.15, 0.2) is 0 Å². The molecule has 108 valence electrons. The van der Waals surface area contributed by atoms with Crippen LogP contribution in [-0.2, 0) is 10.0 Å². The van der Waals surface area contributed by atoms with Crippen LogP contribution in [0.25, 0.3) is 0 Å². The molecule has 0 aliphatic carbocycles. The summed E-state index contributed by atoms with van der Waals surface area (Å²) in [5.74, 6) is -0.581. The molecule has 0 amide bonds. The van der Waals surface area contributed by atoms with Gasteiger partial charge in [-0.3, -0.25) is 0 Å². The van der Waals surface area contributed by atoms with Crippen LogP contribution in [0.3, 0.4) is 0 Å². The molecule has 0 heterocycles. The second kappa shape index (κ2) is 6.45. The van der Waals surface area contributed by atoms with Gasteiger partial charge in [-0.1, -0.05) is 19.9 Å². The SMILES string of the molecule is CC(C)(CCCO)CNS(=O)(=O)c1cccc(F)c1. The normalized spacial score (nSPS) is 12.6. The van der Waals surface area contributed by atoms with Crippen LogP contribution in [0.1, 0.15) is 26.7 Å². The minimum atomic E-state index is -3.69. The highest BCUT2D eigenvalue weighted by atomic mass is 32.2. The van der Waals surface area contributed by atoms with Crippen LogP contribution < -0.4 is 4.72 Å². The highest BCUT2D eigenvalue weighted by Crippen LogP contribution is 2.22. The zero-order valence-electron chi connectivity index (χ0n) is 11.2. The molecule has 0 fully saturated rings. The maximum absolute atomic E-state index is 13.0. The molecule has 0 aliphatic rings. The van der Waals surface area contributed by atoms with Crippen molar-refractivity contribution >= 4 is 10.0 Å². The highest BCUT2D eigenvalue weighted by Gasteiger charge is 2.22. The number of sulfonamides is 1. The average Bonchev–Trinajstić information content (AvgIpc) is 2.34. The van der Waals surface area contributed by atoms with Crippen molar-refractivity contribution in [1.29, 1.82) is 0 Å². The largest absolute Gasteiger partial charge is 0.396 e. The third-order valence-corrected chi connectivity index (χ3v) is 4.26. The Morgan fingerprint density at radius 2 is 2.05 bits per heavy atom. The van der Waals surface area contributed by atoms with Gasteiger partial charge in [0.2, 0.25) is 10.0 Å². The molecule has 0 bridgehead atoms. The molecule has 1 aromatic carbocycles. The van der Waals surface area contributed by atoms with Crippen LogP contribution in [0.4, 0.5) is 4.39 Å². The van der Waals surface area contributed by atoms with Gasteiger partial charge in [-0.25, -0.2) is 17.5 Å². The van der Waals surface area contributed by atoms with E-state index in [1.807, 2.05) is 13.8 Å². The van der Waals surface area contributed by atoms with Gasteiger partial charge in [0.05, 0.1) is 4.90 Å². The summed E-state index contributed by atoms with van der Waals surface area (Å²) in [6.45, 7) is 4.15. The molecule has 2 N–H and O–H groups in total. The Balaban J connectivity index is 2.71. The first-order valence-corrected chi connectivity index (χ1v) is 7.61. The molecule has 0 aromatic heterocycles. The predicted octanol–water partition coefficient (Wildman–Crippen LogP) is 1.90. The summed E-state index contributed by atoms with van der Waals surface area (Å²) in [5.41, 5.74) is -0.261. The van der Waals surface area contributed by atoms with Crippen molar-refractivity contribution in [3.8, 4) is 0 Å². The van der Waals surface area contributed by atoms with Gasteiger partial charge in [-0.2, -0.15) is 0 Å². The molecular formula is C13H20FNO3S. The summed E-state index contributed by atoms with van der Waals surface area (Å²) >= 11 is 0. The molecule has 0 saturated carbocycles. The summed E-state index contributed by atoms with van der Waals surface area (Å²) in [6, 6.07) is 4.90. The minimum absolute atomic E-state index is 0.0783. The van der Waals surface area contributed by atoms with Crippen molar-refractivity contribution < 1.29 is 17.9 Å². The lowest BCUT2D eigenvalue weighted by atomic mass is 9.88. The lowest BCUT2D eigenvalue weighted by molar-refractivity contribution is 0.242. The average molecular weight is 289 g/mol. The number of halogens is 1. The second-order valence-corrected chi connectivity index (χ2v) is 7.04. The highest BCUT2D eigenvalue weighted by molar-refractivity contribution is 7.89. The Bertz CT molecular complexity index is 514. The van der Waals surface area contributed by atoms with Crippen molar-refractivity contribution in [3.63, 3.8) is 0 Å². The number of hydrogen-bond acceptors (Lipinski definition) is 3. The predicted molar refractivity (Wildman–Crippen MR) is 71.7 cm³/mol. The van der Waals surface area contributed by atoms with E-state index in [9.17, 15) is 12.8 Å². The monoisotopic (exact) mass is 289 g/mol. The van der Waals surface area contributed by atoms with Crippen LogP contribution in [-0.4, -0.2) is 26.7 Å².